The quantitative estimate of drug-likeness (QED) is 0.900. The highest BCUT2D eigenvalue weighted by Crippen LogP contribution is 2.27. The Morgan fingerprint density at radius 3 is 2.63 bits per heavy atom. The van der Waals surface area contributed by atoms with Crippen molar-refractivity contribution in [2.75, 3.05) is 0 Å². The number of fused-ring (bicyclic) bond motifs is 1. The van der Waals surface area contributed by atoms with Crippen LogP contribution in [0.15, 0.2) is 18.3 Å². The van der Waals surface area contributed by atoms with Crippen LogP contribution in [0.5, 0.6) is 5.75 Å². The maximum Gasteiger partial charge on any atom is 0.389 e. The Hall–Kier alpha value is -2.25. The molecule has 0 aliphatic heterocycles. The van der Waals surface area contributed by atoms with E-state index in [1.807, 2.05) is 0 Å². The third-order valence-electron chi connectivity index (χ3n) is 2.63. The number of hydrogen-bond acceptors (Lipinski definition) is 3. The highest BCUT2D eigenvalue weighted by molar-refractivity contribution is 5.95. The molecule has 0 amide bonds. The Balaban J connectivity index is 2.48. The maximum atomic E-state index is 12.2. The van der Waals surface area contributed by atoms with E-state index in [4.69, 9.17) is 5.11 Å². The zero-order valence-electron chi connectivity index (χ0n) is 9.48. The number of rotatable bonds is 3. The first kappa shape index (κ1) is 13.2. The molecule has 19 heavy (non-hydrogen) atoms. The van der Waals surface area contributed by atoms with Gasteiger partial charge in [-0.1, -0.05) is 0 Å². The number of aromatic carboxylic acids is 1. The lowest BCUT2D eigenvalue weighted by molar-refractivity contribution is -0.134. The Morgan fingerprint density at radius 2 is 2.05 bits per heavy atom. The van der Waals surface area contributed by atoms with Crippen LogP contribution in [0.2, 0.25) is 0 Å². The largest absolute Gasteiger partial charge is 0.506 e. The lowest BCUT2D eigenvalue weighted by Crippen LogP contribution is -2.11. The Kier molecular flexibility index (Phi) is 3.09. The third-order valence-corrected chi connectivity index (χ3v) is 2.63. The summed E-state index contributed by atoms with van der Waals surface area (Å²) in [5, 5.41) is 22.2. The first-order chi connectivity index (χ1) is 8.79. The van der Waals surface area contributed by atoms with E-state index in [9.17, 15) is 23.1 Å². The van der Waals surface area contributed by atoms with E-state index in [0.29, 0.717) is 0 Å². The first-order valence-corrected chi connectivity index (χ1v) is 5.28. The summed E-state index contributed by atoms with van der Waals surface area (Å²) in [5.41, 5.74) is -0.0574. The summed E-state index contributed by atoms with van der Waals surface area (Å²) in [6, 6.07) is 2.46. The Bertz CT molecular complexity index is 634. The van der Waals surface area contributed by atoms with Crippen molar-refractivity contribution in [1.82, 2.24) is 9.61 Å². The summed E-state index contributed by atoms with van der Waals surface area (Å²) in [5.74, 6) is -1.58. The molecule has 0 saturated carbocycles. The topological polar surface area (TPSA) is 74.8 Å². The summed E-state index contributed by atoms with van der Waals surface area (Å²) in [6.45, 7) is 0. The van der Waals surface area contributed by atoms with Crippen molar-refractivity contribution >= 4 is 11.5 Å². The van der Waals surface area contributed by atoms with Crippen LogP contribution in [0.25, 0.3) is 5.52 Å². The van der Waals surface area contributed by atoms with Gasteiger partial charge in [0.2, 0.25) is 0 Å². The molecular weight excluding hydrogens is 265 g/mol. The maximum absolute atomic E-state index is 12.2. The number of hydrogen-bond donors (Lipinski definition) is 2. The fraction of sp³-hybridized carbons (Fsp3) is 0.273. The van der Waals surface area contributed by atoms with Crippen LogP contribution in [0, 0.1) is 0 Å². The van der Waals surface area contributed by atoms with Crippen LogP contribution in [0.1, 0.15) is 22.5 Å². The van der Waals surface area contributed by atoms with Gasteiger partial charge in [0.1, 0.15) is 11.3 Å². The number of aromatic hydroxyl groups is 1. The number of nitrogens with zero attached hydrogens (tertiary/aromatic N) is 2. The molecule has 102 valence electrons. The molecule has 0 fully saturated rings. The van der Waals surface area contributed by atoms with Crippen molar-refractivity contribution in [2.24, 2.45) is 0 Å². The molecule has 2 heterocycles. The minimum atomic E-state index is -4.36. The van der Waals surface area contributed by atoms with Gasteiger partial charge in [-0.3, -0.25) is 0 Å². The fourth-order valence-corrected chi connectivity index (χ4v) is 1.75. The summed E-state index contributed by atoms with van der Waals surface area (Å²) in [7, 11) is 0. The molecule has 0 spiro atoms. The Morgan fingerprint density at radius 1 is 1.37 bits per heavy atom. The molecule has 8 heteroatoms. The second kappa shape index (κ2) is 4.45. The Labute approximate surface area is 104 Å². The van der Waals surface area contributed by atoms with E-state index in [-0.39, 0.29) is 22.5 Å². The molecule has 0 aliphatic rings. The van der Waals surface area contributed by atoms with Crippen LogP contribution < -0.4 is 0 Å². The number of alkyl halides is 3. The number of carbonyl (C=O) groups is 1. The van der Waals surface area contributed by atoms with Crippen LogP contribution in [-0.2, 0) is 6.42 Å². The molecule has 0 aromatic carbocycles. The van der Waals surface area contributed by atoms with Crippen molar-refractivity contribution in [1.29, 1.82) is 0 Å². The molecule has 0 unspecified atom stereocenters. The number of carboxylic acid groups (broad SMARTS) is 1. The summed E-state index contributed by atoms with van der Waals surface area (Å²) in [6.07, 6.45) is -4.93. The standard InChI is InChI=1S/C11H9F3N2O3/c12-11(13,14)4-3-8-9(17)2-1-7-6(10(18)19)5-15-16(7)8/h1-2,5,17H,3-4H2,(H,18,19). The van der Waals surface area contributed by atoms with Crippen molar-refractivity contribution < 1.29 is 28.2 Å². The fourth-order valence-electron chi connectivity index (χ4n) is 1.75. The molecule has 0 atom stereocenters. The minimum absolute atomic E-state index is 0.0673. The molecule has 2 aromatic rings. The zero-order valence-corrected chi connectivity index (χ0v) is 9.48. The van der Waals surface area contributed by atoms with E-state index in [2.05, 4.69) is 5.10 Å². The van der Waals surface area contributed by atoms with E-state index in [1.165, 1.54) is 6.07 Å². The lowest BCUT2D eigenvalue weighted by Gasteiger charge is -2.09. The molecule has 5 nitrogen and oxygen atoms in total. The van der Waals surface area contributed by atoms with Gasteiger partial charge in [-0.2, -0.15) is 18.3 Å². The van der Waals surface area contributed by atoms with Gasteiger partial charge < -0.3 is 10.2 Å². The van der Waals surface area contributed by atoms with Gasteiger partial charge in [0, 0.05) is 12.8 Å². The molecule has 2 rings (SSSR count). The summed E-state index contributed by atoms with van der Waals surface area (Å²) < 4.78 is 37.6. The van der Waals surface area contributed by atoms with Gasteiger partial charge in [0.25, 0.3) is 0 Å². The van der Waals surface area contributed by atoms with Crippen molar-refractivity contribution in [3.8, 4) is 5.75 Å². The van der Waals surface area contributed by atoms with E-state index in [0.717, 1.165) is 16.8 Å². The molecule has 2 aromatic heterocycles. The molecule has 0 aliphatic carbocycles. The van der Waals surface area contributed by atoms with Crippen LogP contribution in [0.4, 0.5) is 13.2 Å². The smallest absolute Gasteiger partial charge is 0.389 e. The predicted octanol–water partition coefficient (Wildman–Crippen LogP) is 2.23. The number of carboxylic acids is 1. The van der Waals surface area contributed by atoms with Crippen molar-refractivity contribution in [2.45, 2.75) is 19.0 Å². The van der Waals surface area contributed by atoms with Gasteiger partial charge in [-0.15, -0.1) is 0 Å². The third kappa shape index (κ3) is 2.61. The molecule has 2 N–H and O–H groups in total. The van der Waals surface area contributed by atoms with Crippen LogP contribution in [-0.4, -0.2) is 32.0 Å². The highest BCUT2D eigenvalue weighted by atomic mass is 19.4. The van der Waals surface area contributed by atoms with Crippen molar-refractivity contribution in [3.63, 3.8) is 0 Å². The lowest BCUT2D eigenvalue weighted by atomic mass is 10.1. The van der Waals surface area contributed by atoms with E-state index < -0.39 is 25.0 Å². The zero-order chi connectivity index (χ0) is 14.2. The number of halogens is 3. The van der Waals surface area contributed by atoms with Gasteiger partial charge in [-0.05, 0) is 12.1 Å². The van der Waals surface area contributed by atoms with E-state index in [1.54, 1.807) is 0 Å². The van der Waals surface area contributed by atoms with Gasteiger partial charge >= 0.3 is 12.1 Å². The number of aryl methyl sites for hydroxylation is 1. The summed E-state index contributed by atoms with van der Waals surface area (Å²) in [4.78, 5) is 10.9. The molecular formula is C11H9F3N2O3. The first-order valence-electron chi connectivity index (χ1n) is 5.28. The number of aromatic nitrogens is 2. The van der Waals surface area contributed by atoms with Crippen LogP contribution in [0.3, 0.4) is 0 Å². The molecule has 0 saturated heterocycles. The average Bonchev–Trinajstić information content (AvgIpc) is 2.70. The van der Waals surface area contributed by atoms with Gasteiger partial charge in [0.05, 0.1) is 17.4 Å². The van der Waals surface area contributed by atoms with Gasteiger partial charge in [-0.25, -0.2) is 9.31 Å². The van der Waals surface area contributed by atoms with Crippen molar-refractivity contribution in [3.05, 3.63) is 29.6 Å². The van der Waals surface area contributed by atoms with E-state index >= 15 is 0 Å². The SMILES string of the molecule is O=C(O)c1cnn2c(CCC(F)(F)F)c(O)ccc12. The monoisotopic (exact) mass is 274 g/mol. The predicted molar refractivity (Wildman–Crippen MR) is 58.2 cm³/mol. The molecule has 0 radical (unpaired) electrons. The molecule has 0 bridgehead atoms. The second-order valence-electron chi connectivity index (χ2n) is 3.94. The minimum Gasteiger partial charge on any atom is -0.506 e. The normalized spacial score (nSPS) is 11.9. The average molecular weight is 274 g/mol. The summed E-state index contributed by atoms with van der Waals surface area (Å²) >= 11 is 0. The second-order valence-corrected chi connectivity index (χ2v) is 3.94. The number of pyridine rings is 1. The van der Waals surface area contributed by atoms with Crippen LogP contribution >= 0.6 is 0 Å². The highest BCUT2D eigenvalue weighted by Gasteiger charge is 2.28. The van der Waals surface area contributed by atoms with Gasteiger partial charge in [0.15, 0.2) is 0 Å².